The standard InChI is InChI=1S/C15H23N3O5S/c1-11(18-5-7-23-8-6-18)10-17-14-4-3-12(24(16,20)21)9-13(14)15(19)22-2/h3-4,9,11,17H,5-8,10H2,1-2H3,(H2,16,20,21). The van der Waals surface area contributed by atoms with E-state index in [0.29, 0.717) is 25.4 Å². The van der Waals surface area contributed by atoms with Gasteiger partial charge in [0, 0.05) is 31.4 Å². The van der Waals surface area contributed by atoms with Crippen LogP contribution in [0.4, 0.5) is 5.69 Å². The highest BCUT2D eigenvalue weighted by atomic mass is 32.2. The normalized spacial score (nSPS) is 17.3. The van der Waals surface area contributed by atoms with Gasteiger partial charge in [0.05, 0.1) is 30.8 Å². The van der Waals surface area contributed by atoms with Crippen LogP contribution >= 0.6 is 0 Å². The highest BCUT2D eigenvalue weighted by molar-refractivity contribution is 7.89. The van der Waals surface area contributed by atoms with Crippen LogP contribution in [0.5, 0.6) is 0 Å². The van der Waals surface area contributed by atoms with Crippen LogP contribution in [0.25, 0.3) is 0 Å². The Bertz CT molecular complexity index is 686. The molecule has 1 fully saturated rings. The Balaban J connectivity index is 2.15. The minimum absolute atomic E-state index is 0.130. The maximum atomic E-state index is 11.9. The Kier molecular flexibility index (Phi) is 6.16. The predicted octanol–water partition coefficient (Wildman–Crippen LogP) is 0.253. The van der Waals surface area contributed by atoms with E-state index in [1.807, 2.05) is 0 Å². The molecule has 1 atom stereocenters. The SMILES string of the molecule is COC(=O)c1cc(S(N)(=O)=O)ccc1NCC(C)N1CCOCC1. The monoisotopic (exact) mass is 357 g/mol. The van der Waals surface area contributed by atoms with Crippen molar-refractivity contribution in [2.75, 3.05) is 45.3 Å². The average molecular weight is 357 g/mol. The summed E-state index contributed by atoms with van der Waals surface area (Å²) in [5.74, 6) is -0.623. The molecule has 8 nitrogen and oxygen atoms in total. The Hall–Kier alpha value is -1.68. The van der Waals surface area contributed by atoms with Crippen molar-refractivity contribution in [3.63, 3.8) is 0 Å². The Morgan fingerprint density at radius 2 is 2.08 bits per heavy atom. The molecule has 1 heterocycles. The maximum absolute atomic E-state index is 11.9. The number of primary sulfonamides is 1. The lowest BCUT2D eigenvalue weighted by Gasteiger charge is -2.32. The van der Waals surface area contributed by atoms with E-state index in [2.05, 4.69) is 17.1 Å². The van der Waals surface area contributed by atoms with Crippen LogP contribution < -0.4 is 10.5 Å². The third-order valence-electron chi connectivity index (χ3n) is 3.98. The smallest absolute Gasteiger partial charge is 0.340 e. The van der Waals surface area contributed by atoms with Gasteiger partial charge in [0.2, 0.25) is 10.0 Å². The number of carbonyl (C=O) groups excluding carboxylic acids is 1. The summed E-state index contributed by atoms with van der Waals surface area (Å²) >= 11 is 0. The van der Waals surface area contributed by atoms with E-state index in [1.165, 1.54) is 25.3 Å². The van der Waals surface area contributed by atoms with E-state index in [1.54, 1.807) is 0 Å². The summed E-state index contributed by atoms with van der Waals surface area (Å²) in [5.41, 5.74) is 0.646. The average Bonchev–Trinajstić information content (AvgIpc) is 2.58. The lowest BCUT2D eigenvalue weighted by Crippen LogP contribution is -2.45. The molecular weight excluding hydrogens is 334 g/mol. The zero-order chi connectivity index (χ0) is 17.7. The second kappa shape index (κ2) is 7.93. The van der Waals surface area contributed by atoms with E-state index >= 15 is 0 Å². The first-order chi connectivity index (χ1) is 11.3. The number of esters is 1. The Morgan fingerprint density at radius 3 is 2.67 bits per heavy atom. The molecule has 24 heavy (non-hydrogen) atoms. The van der Waals surface area contributed by atoms with Gasteiger partial charge in [-0.3, -0.25) is 4.90 Å². The Morgan fingerprint density at radius 1 is 1.42 bits per heavy atom. The molecule has 0 spiro atoms. The van der Waals surface area contributed by atoms with Gasteiger partial charge < -0.3 is 14.8 Å². The highest BCUT2D eigenvalue weighted by Gasteiger charge is 2.20. The van der Waals surface area contributed by atoms with E-state index < -0.39 is 16.0 Å². The summed E-state index contributed by atoms with van der Waals surface area (Å²) in [6.07, 6.45) is 0. The first-order valence-electron chi connectivity index (χ1n) is 7.63. The van der Waals surface area contributed by atoms with Crippen molar-refractivity contribution in [1.29, 1.82) is 0 Å². The van der Waals surface area contributed by atoms with Crippen LogP contribution in [0.15, 0.2) is 23.1 Å². The number of carbonyl (C=O) groups is 1. The molecule has 3 N–H and O–H groups in total. The van der Waals surface area contributed by atoms with Gasteiger partial charge >= 0.3 is 5.97 Å². The van der Waals surface area contributed by atoms with Crippen molar-refractivity contribution >= 4 is 21.7 Å². The molecule has 0 aliphatic carbocycles. The topological polar surface area (TPSA) is 111 Å². The van der Waals surface area contributed by atoms with Crippen LogP contribution in [-0.4, -0.2) is 65.3 Å². The number of nitrogens with one attached hydrogen (secondary N) is 1. The molecule has 2 rings (SSSR count). The van der Waals surface area contributed by atoms with E-state index in [4.69, 9.17) is 14.6 Å². The number of nitrogens with zero attached hydrogens (tertiary/aromatic N) is 1. The fourth-order valence-electron chi connectivity index (χ4n) is 2.54. The third-order valence-corrected chi connectivity index (χ3v) is 4.89. The molecule has 0 bridgehead atoms. The van der Waals surface area contributed by atoms with Gasteiger partial charge in [0.1, 0.15) is 0 Å². The minimum atomic E-state index is -3.89. The number of rotatable bonds is 6. The van der Waals surface area contributed by atoms with E-state index in [9.17, 15) is 13.2 Å². The van der Waals surface area contributed by atoms with Gasteiger partial charge in [-0.25, -0.2) is 18.4 Å². The van der Waals surface area contributed by atoms with Crippen LogP contribution in [0, 0.1) is 0 Å². The molecule has 1 unspecified atom stereocenters. The largest absolute Gasteiger partial charge is 0.465 e. The number of anilines is 1. The molecule has 1 aliphatic rings. The number of methoxy groups -OCH3 is 1. The summed E-state index contributed by atoms with van der Waals surface area (Å²) in [4.78, 5) is 14.1. The quantitative estimate of drug-likeness (QED) is 0.702. The third kappa shape index (κ3) is 4.67. The molecule has 1 aliphatic heterocycles. The number of benzene rings is 1. The van der Waals surface area contributed by atoms with Crippen molar-refractivity contribution in [3.8, 4) is 0 Å². The number of hydrogen-bond acceptors (Lipinski definition) is 7. The molecule has 9 heteroatoms. The number of hydrogen-bond donors (Lipinski definition) is 2. The summed E-state index contributed by atoms with van der Waals surface area (Å²) in [7, 11) is -2.65. The fourth-order valence-corrected chi connectivity index (χ4v) is 3.08. The van der Waals surface area contributed by atoms with Gasteiger partial charge in [-0.15, -0.1) is 0 Å². The van der Waals surface area contributed by atoms with Crippen LogP contribution in [0.2, 0.25) is 0 Å². The van der Waals surface area contributed by atoms with Crippen molar-refractivity contribution in [1.82, 2.24) is 4.90 Å². The van der Waals surface area contributed by atoms with Gasteiger partial charge in [-0.05, 0) is 25.1 Å². The lowest BCUT2D eigenvalue weighted by atomic mass is 10.1. The first kappa shape index (κ1) is 18.7. The fraction of sp³-hybridized carbons (Fsp3) is 0.533. The maximum Gasteiger partial charge on any atom is 0.340 e. The summed E-state index contributed by atoms with van der Waals surface area (Å²) in [5, 5.41) is 8.30. The van der Waals surface area contributed by atoms with Gasteiger partial charge in [-0.2, -0.15) is 0 Å². The van der Waals surface area contributed by atoms with Gasteiger partial charge in [-0.1, -0.05) is 0 Å². The predicted molar refractivity (Wildman–Crippen MR) is 89.5 cm³/mol. The van der Waals surface area contributed by atoms with E-state index in [-0.39, 0.29) is 16.5 Å². The molecule has 0 saturated carbocycles. The lowest BCUT2D eigenvalue weighted by molar-refractivity contribution is 0.0227. The van der Waals surface area contributed by atoms with Crippen LogP contribution in [0.3, 0.4) is 0 Å². The molecule has 1 aromatic rings. The number of morpholine rings is 1. The molecule has 1 saturated heterocycles. The molecular formula is C15H23N3O5S. The molecule has 0 amide bonds. The molecule has 1 aromatic carbocycles. The van der Waals surface area contributed by atoms with Crippen molar-refractivity contribution in [2.45, 2.75) is 17.9 Å². The summed E-state index contributed by atoms with van der Waals surface area (Å²) < 4.78 is 33.0. The van der Waals surface area contributed by atoms with Gasteiger partial charge in [0.15, 0.2) is 0 Å². The molecule has 0 radical (unpaired) electrons. The molecule has 0 aromatic heterocycles. The first-order valence-corrected chi connectivity index (χ1v) is 9.18. The second-order valence-electron chi connectivity index (χ2n) is 5.62. The van der Waals surface area contributed by atoms with Crippen LogP contribution in [-0.2, 0) is 19.5 Å². The van der Waals surface area contributed by atoms with E-state index in [0.717, 1.165) is 13.1 Å². The number of nitrogens with two attached hydrogens (primary N) is 1. The molecule has 134 valence electrons. The van der Waals surface area contributed by atoms with Crippen LogP contribution in [0.1, 0.15) is 17.3 Å². The van der Waals surface area contributed by atoms with Crippen molar-refractivity contribution in [3.05, 3.63) is 23.8 Å². The second-order valence-corrected chi connectivity index (χ2v) is 7.18. The van der Waals surface area contributed by atoms with Gasteiger partial charge in [0.25, 0.3) is 0 Å². The van der Waals surface area contributed by atoms with Crippen molar-refractivity contribution in [2.24, 2.45) is 5.14 Å². The van der Waals surface area contributed by atoms with Crippen molar-refractivity contribution < 1.29 is 22.7 Å². The summed E-state index contributed by atoms with van der Waals surface area (Å²) in [6, 6.07) is 4.35. The summed E-state index contributed by atoms with van der Waals surface area (Å²) in [6.45, 7) is 5.81. The zero-order valence-electron chi connectivity index (χ0n) is 13.8. The highest BCUT2D eigenvalue weighted by Crippen LogP contribution is 2.21. The number of ether oxygens (including phenoxy) is 2. The Labute approximate surface area is 142 Å². The number of sulfonamides is 1. The minimum Gasteiger partial charge on any atom is -0.465 e. The zero-order valence-corrected chi connectivity index (χ0v) is 14.6.